The first-order valence-corrected chi connectivity index (χ1v) is 7.06. The minimum Gasteiger partial charge on any atom is -0.493 e. The first kappa shape index (κ1) is 14.2. The summed E-state index contributed by atoms with van der Waals surface area (Å²) in [5.74, 6) is 1.39. The molecule has 1 atom stereocenters. The summed E-state index contributed by atoms with van der Waals surface area (Å²) in [4.78, 5) is 11.4. The fraction of sp³-hybridized carbons (Fsp3) is 0.500. The zero-order valence-corrected chi connectivity index (χ0v) is 12.0. The van der Waals surface area contributed by atoms with Gasteiger partial charge in [-0.3, -0.25) is 4.79 Å². The van der Waals surface area contributed by atoms with Gasteiger partial charge in [-0.1, -0.05) is 35.0 Å². The molecule has 0 heterocycles. The predicted molar refractivity (Wildman–Crippen MR) is 74.1 cm³/mol. The van der Waals surface area contributed by atoms with Gasteiger partial charge in [0.15, 0.2) is 5.78 Å². The van der Waals surface area contributed by atoms with E-state index in [1.165, 1.54) is 0 Å². The minimum atomic E-state index is 0.0501. The molecule has 0 N–H and O–H groups in total. The summed E-state index contributed by atoms with van der Waals surface area (Å²) in [6.45, 7) is 4.44. The minimum absolute atomic E-state index is 0.0501. The van der Waals surface area contributed by atoms with Crippen LogP contribution in [0, 0.1) is 5.92 Å². The van der Waals surface area contributed by atoms with Gasteiger partial charge in [0, 0.05) is 5.33 Å². The highest BCUT2D eigenvalue weighted by Gasteiger charge is 2.08. The van der Waals surface area contributed by atoms with Gasteiger partial charge in [0.2, 0.25) is 0 Å². The Labute approximate surface area is 111 Å². The standard InChI is InChI=1S/C14H19BrO2/c1-11(7-9-15)8-10-17-14-6-4-3-5-13(14)12(2)16/h3-6,11H,7-10H2,1-2H3. The lowest BCUT2D eigenvalue weighted by molar-refractivity contribution is 0.101. The lowest BCUT2D eigenvalue weighted by Crippen LogP contribution is -2.07. The second kappa shape index (κ2) is 7.49. The molecule has 0 saturated heterocycles. The van der Waals surface area contributed by atoms with Crippen molar-refractivity contribution in [3.63, 3.8) is 0 Å². The maximum absolute atomic E-state index is 11.4. The van der Waals surface area contributed by atoms with E-state index in [1.54, 1.807) is 13.0 Å². The molecule has 1 rings (SSSR count). The van der Waals surface area contributed by atoms with Crippen LogP contribution in [0.1, 0.15) is 37.0 Å². The highest BCUT2D eigenvalue weighted by molar-refractivity contribution is 9.09. The number of benzene rings is 1. The van der Waals surface area contributed by atoms with Gasteiger partial charge < -0.3 is 4.74 Å². The van der Waals surface area contributed by atoms with Crippen molar-refractivity contribution in [1.29, 1.82) is 0 Å². The van der Waals surface area contributed by atoms with E-state index in [-0.39, 0.29) is 5.78 Å². The van der Waals surface area contributed by atoms with Crippen LogP contribution in [0.5, 0.6) is 5.75 Å². The van der Waals surface area contributed by atoms with Crippen LogP contribution >= 0.6 is 15.9 Å². The molecule has 1 unspecified atom stereocenters. The van der Waals surface area contributed by atoms with Gasteiger partial charge in [-0.25, -0.2) is 0 Å². The second-order valence-corrected chi connectivity index (χ2v) is 5.07. The quantitative estimate of drug-likeness (QED) is 0.560. The van der Waals surface area contributed by atoms with E-state index in [2.05, 4.69) is 22.9 Å². The molecule has 0 radical (unpaired) electrons. The molecule has 1 aromatic rings. The maximum Gasteiger partial charge on any atom is 0.163 e. The van der Waals surface area contributed by atoms with Gasteiger partial charge in [-0.05, 0) is 37.8 Å². The first-order valence-electron chi connectivity index (χ1n) is 5.94. The highest BCUT2D eigenvalue weighted by atomic mass is 79.9. The van der Waals surface area contributed by atoms with Gasteiger partial charge in [0.1, 0.15) is 5.75 Å². The Kier molecular flexibility index (Phi) is 6.27. The third kappa shape index (κ3) is 4.90. The molecule has 17 heavy (non-hydrogen) atoms. The summed E-state index contributed by atoms with van der Waals surface area (Å²) < 4.78 is 5.68. The van der Waals surface area contributed by atoms with Gasteiger partial charge in [-0.15, -0.1) is 0 Å². The van der Waals surface area contributed by atoms with Gasteiger partial charge in [-0.2, -0.15) is 0 Å². The Morgan fingerprint density at radius 1 is 1.35 bits per heavy atom. The van der Waals surface area contributed by atoms with Crippen molar-refractivity contribution in [2.75, 3.05) is 11.9 Å². The SMILES string of the molecule is CC(=O)c1ccccc1OCCC(C)CCBr. The van der Waals surface area contributed by atoms with Crippen LogP contribution in [0.3, 0.4) is 0 Å². The lowest BCUT2D eigenvalue weighted by Gasteiger charge is -2.12. The summed E-state index contributed by atoms with van der Waals surface area (Å²) in [5.41, 5.74) is 0.667. The van der Waals surface area contributed by atoms with E-state index >= 15 is 0 Å². The molecule has 0 amide bonds. The largest absolute Gasteiger partial charge is 0.493 e. The first-order chi connectivity index (χ1) is 8.15. The summed E-state index contributed by atoms with van der Waals surface area (Å²) in [7, 11) is 0. The summed E-state index contributed by atoms with van der Waals surface area (Å²) in [6, 6.07) is 7.41. The molecule has 0 saturated carbocycles. The Balaban J connectivity index is 2.49. The number of carbonyl (C=O) groups is 1. The fourth-order valence-corrected chi connectivity index (χ4v) is 2.37. The molecular formula is C14H19BrO2. The molecule has 0 bridgehead atoms. The van der Waals surface area contributed by atoms with Gasteiger partial charge in [0.05, 0.1) is 12.2 Å². The van der Waals surface area contributed by atoms with E-state index in [9.17, 15) is 4.79 Å². The molecule has 0 aromatic heterocycles. The van der Waals surface area contributed by atoms with E-state index in [0.29, 0.717) is 23.8 Å². The van der Waals surface area contributed by atoms with Crippen molar-refractivity contribution in [1.82, 2.24) is 0 Å². The third-order valence-corrected chi connectivity index (χ3v) is 3.19. The molecular weight excluding hydrogens is 280 g/mol. The number of hydrogen-bond donors (Lipinski definition) is 0. The number of carbonyl (C=O) groups excluding carboxylic acids is 1. The van der Waals surface area contributed by atoms with Gasteiger partial charge in [0.25, 0.3) is 0 Å². The zero-order valence-electron chi connectivity index (χ0n) is 10.4. The van der Waals surface area contributed by atoms with E-state index in [0.717, 1.165) is 18.2 Å². The number of halogens is 1. The smallest absolute Gasteiger partial charge is 0.163 e. The number of para-hydroxylation sites is 1. The summed E-state index contributed by atoms with van der Waals surface area (Å²) >= 11 is 3.43. The molecule has 0 aliphatic rings. The highest BCUT2D eigenvalue weighted by Crippen LogP contribution is 2.19. The lowest BCUT2D eigenvalue weighted by atomic mass is 10.1. The average molecular weight is 299 g/mol. The van der Waals surface area contributed by atoms with Crippen LogP contribution in [0.25, 0.3) is 0 Å². The van der Waals surface area contributed by atoms with Crippen LogP contribution in [0.2, 0.25) is 0 Å². The normalized spacial score (nSPS) is 12.2. The Bertz CT molecular complexity index is 363. The van der Waals surface area contributed by atoms with Crippen LogP contribution in [0.4, 0.5) is 0 Å². The monoisotopic (exact) mass is 298 g/mol. The molecule has 0 aliphatic carbocycles. The Morgan fingerprint density at radius 3 is 2.71 bits per heavy atom. The third-order valence-electron chi connectivity index (χ3n) is 2.74. The van der Waals surface area contributed by atoms with E-state index in [1.807, 2.05) is 18.2 Å². The molecule has 3 heteroatoms. The van der Waals surface area contributed by atoms with E-state index in [4.69, 9.17) is 4.74 Å². The Morgan fingerprint density at radius 2 is 2.06 bits per heavy atom. The molecule has 0 fully saturated rings. The molecule has 1 aromatic carbocycles. The van der Waals surface area contributed by atoms with Crippen LogP contribution < -0.4 is 4.74 Å². The number of ketones is 1. The van der Waals surface area contributed by atoms with Crippen molar-refractivity contribution >= 4 is 21.7 Å². The molecule has 2 nitrogen and oxygen atoms in total. The molecule has 0 spiro atoms. The van der Waals surface area contributed by atoms with Crippen molar-refractivity contribution in [3.05, 3.63) is 29.8 Å². The van der Waals surface area contributed by atoms with Crippen molar-refractivity contribution < 1.29 is 9.53 Å². The van der Waals surface area contributed by atoms with Crippen LogP contribution in [-0.4, -0.2) is 17.7 Å². The topological polar surface area (TPSA) is 26.3 Å². The van der Waals surface area contributed by atoms with Crippen molar-refractivity contribution in [2.24, 2.45) is 5.92 Å². The fourth-order valence-electron chi connectivity index (χ4n) is 1.58. The zero-order chi connectivity index (χ0) is 12.7. The van der Waals surface area contributed by atoms with Crippen LogP contribution in [-0.2, 0) is 0 Å². The summed E-state index contributed by atoms with van der Waals surface area (Å²) in [6.07, 6.45) is 2.16. The number of rotatable bonds is 7. The average Bonchev–Trinajstić information content (AvgIpc) is 2.30. The van der Waals surface area contributed by atoms with E-state index < -0.39 is 0 Å². The maximum atomic E-state index is 11.4. The predicted octanol–water partition coefficient (Wildman–Crippen LogP) is 4.08. The number of hydrogen-bond acceptors (Lipinski definition) is 2. The summed E-state index contributed by atoms with van der Waals surface area (Å²) in [5, 5.41) is 1.03. The second-order valence-electron chi connectivity index (χ2n) is 4.27. The van der Waals surface area contributed by atoms with Gasteiger partial charge >= 0.3 is 0 Å². The number of ether oxygens (including phenoxy) is 1. The molecule has 0 aliphatic heterocycles. The Hall–Kier alpha value is -0.830. The van der Waals surface area contributed by atoms with Crippen LogP contribution in [0.15, 0.2) is 24.3 Å². The van der Waals surface area contributed by atoms with Crippen molar-refractivity contribution in [2.45, 2.75) is 26.7 Å². The van der Waals surface area contributed by atoms with Crippen molar-refractivity contribution in [3.8, 4) is 5.75 Å². The number of Topliss-reactive ketones (excluding diaryl/α,β-unsaturated/α-hetero) is 1. The number of alkyl halides is 1. The molecule has 94 valence electrons.